The van der Waals surface area contributed by atoms with Gasteiger partial charge < -0.3 is 5.32 Å². The molecule has 2 aliphatic carbocycles. The van der Waals surface area contributed by atoms with Crippen molar-refractivity contribution in [1.29, 1.82) is 0 Å². The van der Waals surface area contributed by atoms with Gasteiger partial charge in [-0.2, -0.15) is 0 Å². The van der Waals surface area contributed by atoms with E-state index in [0.717, 1.165) is 15.8 Å². The summed E-state index contributed by atoms with van der Waals surface area (Å²) in [5.74, 6) is 0. The maximum absolute atomic E-state index is 3.67. The maximum atomic E-state index is 3.67. The molecule has 0 aromatic heterocycles. The van der Waals surface area contributed by atoms with Crippen molar-refractivity contribution < 1.29 is 0 Å². The third kappa shape index (κ3) is 4.19. The molecule has 0 amide bonds. The smallest absolute Gasteiger partial charge is 0.0387 e. The van der Waals surface area contributed by atoms with Crippen LogP contribution in [0.4, 0.5) is 11.4 Å². The SMILES string of the molecule is CC1(C)c2ccc(-c3ccc(-c4ccc(Nc5ccc6c(c5)C(C)(C)c5ccccc5-6)cc4)cc3)cc2-c2ccc(Br)cc21. The first-order valence-corrected chi connectivity index (χ1v) is 16.2. The van der Waals surface area contributed by atoms with Crippen LogP contribution in [-0.2, 0) is 10.8 Å². The van der Waals surface area contributed by atoms with E-state index in [1.54, 1.807) is 0 Å². The van der Waals surface area contributed by atoms with Crippen LogP contribution >= 0.6 is 15.9 Å². The van der Waals surface area contributed by atoms with Gasteiger partial charge in [-0.3, -0.25) is 0 Å². The lowest BCUT2D eigenvalue weighted by molar-refractivity contribution is 0.660. The fourth-order valence-corrected chi connectivity index (χ4v) is 7.82. The molecule has 1 nitrogen and oxygen atoms in total. The molecule has 0 heterocycles. The van der Waals surface area contributed by atoms with Gasteiger partial charge in [0.25, 0.3) is 0 Å². The monoisotopic (exact) mass is 631 g/mol. The fraction of sp³-hybridized carbons (Fsp3) is 0.143. The van der Waals surface area contributed by atoms with Gasteiger partial charge in [0.2, 0.25) is 0 Å². The van der Waals surface area contributed by atoms with E-state index >= 15 is 0 Å². The summed E-state index contributed by atoms with van der Waals surface area (Å²) < 4.78 is 1.13. The van der Waals surface area contributed by atoms with E-state index in [4.69, 9.17) is 0 Å². The Morgan fingerprint density at radius 3 is 1.64 bits per heavy atom. The highest BCUT2D eigenvalue weighted by atomic mass is 79.9. The van der Waals surface area contributed by atoms with Crippen LogP contribution in [0.3, 0.4) is 0 Å². The molecule has 1 N–H and O–H groups in total. The third-order valence-corrected chi connectivity index (χ3v) is 10.4. The number of rotatable bonds is 4. The number of anilines is 2. The normalized spacial score (nSPS) is 14.8. The topological polar surface area (TPSA) is 12.0 Å². The maximum Gasteiger partial charge on any atom is 0.0387 e. The largest absolute Gasteiger partial charge is 0.356 e. The summed E-state index contributed by atoms with van der Waals surface area (Å²) in [7, 11) is 0. The molecule has 2 heteroatoms. The minimum atomic E-state index is -0.00206. The highest BCUT2D eigenvalue weighted by Gasteiger charge is 2.36. The van der Waals surface area contributed by atoms with Gasteiger partial charge in [-0.1, -0.05) is 129 Å². The standard InChI is InChI=1S/C42H34BrN/c1-41(2)37-8-6-5-7-33(37)34-21-19-32(25-40(34)41)44-31-17-13-27(14-18-31)26-9-11-28(12-10-26)29-15-22-38-36(23-29)35-20-16-30(43)24-39(35)42(38,3)4/h5-25,44H,1-4H3. The predicted molar refractivity (Wildman–Crippen MR) is 190 cm³/mol. The Morgan fingerprint density at radius 2 is 0.909 bits per heavy atom. The molecule has 6 aromatic carbocycles. The second-order valence-corrected chi connectivity index (χ2v) is 14.2. The summed E-state index contributed by atoms with van der Waals surface area (Å²) in [5, 5.41) is 3.64. The first-order valence-electron chi connectivity index (χ1n) is 15.4. The van der Waals surface area contributed by atoms with Crippen LogP contribution in [0.1, 0.15) is 49.9 Å². The van der Waals surface area contributed by atoms with Crippen LogP contribution in [-0.4, -0.2) is 0 Å². The number of halogens is 1. The number of hydrogen-bond donors (Lipinski definition) is 1. The summed E-state index contributed by atoms with van der Waals surface area (Å²) in [6.45, 7) is 9.30. The van der Waals surface area contributed by atoms with Crippen molar-refractivity contribution in [2.45, 2.75) is 38.5 Å². The molecule has 0 radical (unpaired) electrons. The van der Waals surface area contributed by atoms with E-state index in [-0.39, 0.29) is 10.8 Å². The molecule has 0 bridgehead atoms. The molecular formula is C42H34BrN. The van der Waals surface area contributed by atoms with E-state index in [2.05, 4.69) is 176 Å². The van der Waals surface area contributed by atoms with Crippen molar-refractivity contribution in [3.63, 3.8) is 0 Å². The second kappa shape index (κ2) is 9.81. The Hall–Kier alpha value is -4.40. The number of hydrogen-bond acceptors (Lipinski definition) is 1. The molecule has 44 heavy (non-hydrogen) atoms. The highest BCUT2D eigenvalue weighted by Crippen LogP contribution is 2.51. The van der Waals surface area contributed by atoms with E-state index in [0.29, 0.717) is 0 Å². The summed E-state index contributed by atoms with van der Waals surface area (Å²) in [6.07, 6.45) is 0. The van der Waals surface area contributed by atoms with Crippen LogP contribution in [0.5, 0.6) is 0 Å². The van der Waals surface area contributed by atoms with Gasteiger partial charge in [0.15, 0.2) is 0 Å². The van der Waals surface area contributed by atoms with Crippen molar-refractivity contribution in [3.05, 3.63) is 154 Å². The van der Waals surface area contributed by atoms with E-state index in [1.165, 1.54) is 66.8 Å². The van der Waals surface area contributed by atoms with Gasteiger partial charge in [-0.05, 0) is 109 Å². The number of nitrogens with one attached hydrogen (secondary N) is 1. The van der Waals surface area contributed by atoms with Crippen molar-refractivity contribution in [2.75, 3.05) is 5.32 Å². The van der Waals surface area contributed by atoms with Crippen LogP contribution in [0.2, 0.25) is 0 Å². The second-order valence-electron chi connectivity index (χ2n) is 13.3. The van der Waals surface area contributed by atoms with Crippen LogP contribution in [0, 0.1) is 0 Å². The minimum Gasteiger partial charge on any atom is -0.356 e. The van der Waals surface area contributed by atoms with E-state index < -0.39 is 0 Å². The van der Waals surface area contributed by atoms with Crippen molar-refractivity contribution in [1.82, 2.24) is 0 Å². The lowest BCUT2D eigenvalue weighted by atomic mass is 9.82. The van der Waals surface area contributed by atoms with Gasteiger partial charge in [0.1, 0.15) is 0 Å². The lowest BCUT2D eigenvalue weighted by Crippen LogP contribution is -2.15. The molecule has 0 fully saturated rings. The molecule has 8 rings (SSSR count). The van der Waals surface area contributed by atoms with Crippen LogP contribution in [0.15, 0.2) is 132 Å². The Kier molecular flexibility index (Phi) is 6.06. The number of benzene rings is 6. The zero-order valence-corrected chi connectivity index (χ0v) is 27.1. The Balaban J connectivity index is 1.02. The first-order chi connectivity index (χ1) is 21.2. The van der Waals surface area contributed by atoms with Crippen molar-refractivity contribution in [3.8, 4) is 44.5 Å². The quantitative estimate of drug-likeness (QED) is 0.204. The van der Waals surface area contributed by atoms with Gasteiger partial charge in [-0.25, -0.2) is 0 Å². The molecule has 2 aliphatic rings. The highest BCUT2D eigenvalue weighted by molar-refractivity contribution is 9.10. The summed E-state index contributed by atoms with van der Waals surface area (Å²) >= 11 is 3.67. The third-order valence-electron chi connectivity index (χ3n) is 9.95. The Bertz CT molecular complexity index is 2080. The molecule has 0 saturated heterocycles. The molecule has 0 atom stereocenters. The Morgan fingerprint density at radius 1 is 0.409 bits per heavy atom. The van der Waals surface area contributed by atoms with Crippen molar-refractivity contribution in [2.24, 2.45) is 0 Å². The first kappa shape index (κ1) is 27.2. The molecule has 0 unspecified atom stereocenters. The van der Waals surface area contributed by atoms with Gasteiger partial charge in [0.05, 0.1) is 0 Å². The van der Waals surface area contributed by atoms with Gasteiger partial charge in [-0.15, -0.1) is 0 Å². The molecule has 6 aromatic rings. The molecule has 0 spiro atoms. The lowest BCUT2D eigenvalue weighted by Gasteiger charge is -2.22. The average Bonchev–Trinajstić information content (AvgIpc) is 3.40. The van der Waals surface area contributed by atoms with E-state index in [1.807, 2.05) is 0 Å². The minimum absolute atomic E-state index is 0.000834. The summed E-state index contributed by atoms with van der Waals surface area (Å²) in [6, 6.07) is 46.9. The van der Waals surface area contributed by atoms with Gasteiger partial charge in [0, 0.05) is 26.7 Å². The molecule has 0 saturated carbocycles. The molecule has 0 aliphatic heterocycles. The zero-order chi connectivity index (χ0) is 30.2. The van der Waals surface area contributed by atoms with Crippen molar-refractivity contribution >= 4 is 27.3 Å². The summed E-state index contributed by atoms with van der Waals surface area (Å²) in [4.78, 5) is 0. The number of fused-ring (bicyclic) bond motifs is 6. The van der Waals surface area contributed by atoms with Gasteiger partial charge >= 0.3 is 0 Å². The predicted octanol–water partition coefficient (Wildman–Crippen LogP) is 12.1. The molecular weight excluding hydrogens is 598 g/mol. The van der Waals surface area contributed by atoms with Crippen LogP contribution in [0.25, 0.3) is 44.5 Å². The zero-order valence-electron chi connectivity index (χ0n) is 25.5. The van der Waals surface area contributed by atoms with E-state index in [9.17, 15) is 0 Å². The average molecular weight is 633 g/mol. The Labute approximate surface area is 268 Å². The fourth-order valence-electron chi connectivity index (χ4n) is 7.46. The van der Waals surface area contributed by atoms with Crippen LogP contribution < -0.4 is 5.32 Å². The summed E-state index contributed by atoms with van der Waals surface area (Å²) in [5.41, 5.74) is 18.1. The molecule has 214 valence electrons.